The van der Waals surface area contributed by atoms with Gasteiger partial charge in [0.15, 0.2) is 6.29 Å². The van der Waals surface area contributed by atoms with E-state index in [4.69, 9.17) is 9.47 Å². The molecule has 0 aromatic carbocycles. The molecule has 0 unspecified atom stereocenters. The Hall–Kier alpha value is -1.73. The van der Waals surface area contributed by atoms with Crippen LogP contribution in [0.5, 0.6) is 0 Å². The second kappa shape index (κ2) is 6.15. The summed E-state index contributed by atoms with van der Waals surface area (Å²) in [6, 6.07) is 1.74. The van der Waals surface area contributed by atoms with Gasteiger partial charge < -0.3 is 19.3 Å². The Morgan fingerprint density at radius 2 is 1.55 bits per heavy atom. The van der Waals surface area contributed by atoms with Crippen molar-refractivity contribution in [2.45, 2.75) is 0 Å². The summed E-state index contributed by atoms with van der Waals surface area (Å²) < 4.78 is 10.7. The number of ether oxygens (including phenoxy) is 2. The van der Waals surface area contributed by atoms with E-state index in [1.807, 2.05) is 0 Å². The van der Waals surface area contributed by atoms with E-state index in [2.05, 4.69) is 19.8 Å². The second-order valence-electron chi connectivity index (χ2n) is 4.77. The summed E-state index contributed by atoms with van der Waals surface area (Å²) in [6.45, 7) is 5.80. The molecule has 0 radical (unpaired) electrons. The van der Waals surface area contributed by atoms with Crippen molar-refractivity contribution in [1.82, 2.24) is 9.97 Å². The number of rotatable bonds is 3. The van der Waals surface area contributed by atoms with Crippen LogP contribution in [0.3, 0.4) is 0 Å². The van der Waals surface area contributed by atoms with Crippen LogP contribution in [-0.2, 0) is 9.47 Å². The average molecular weight is 278 g/mol. The number of hydrogen-bond acceptors (Lipinski definition) is 7. The van der Waals surface area contributed by atoms with E-state index in [1.54, 1.807) is 6.07 Å². The van der Waals surface area contributed by atoms with Crippen molar-refractivity contribution in [2.75, 3.05) is 62.4 Å². The Kier molecular flexibility index (Phi) is 4.08. The normalized spacial score (nSPS) is 20.0. The number of aldehydes is 1. The number of hydrogen-bond donors (Lipinski definition) is 0. The molecule has 3 rings (SSSR count). The van der Waals surface area contributed by atoms with E-state index in [-0.39, 0.29) is 0 Å². The van der Waals surface area contributed by atoms with E-state index in [9.17, 15) is 4.79 Å². The third-order valence-electron chi connectivity index (χ3n) is 3.47. The maximum absolute atomic E-state index is 11.1. The van der Waals surface area contributed by atoms with Crippen LogP contribution >= 0.6 is 0 Å². The average Bonchev–Trinajstić information content (AvgIpc) is 2.56. The summed E-state index contributed by atoms with van der Waals surface area (Å²) in [4.78, 5) is 24.2. The van der Waals surface area contributed by atoms with Gasteiger partial charge >= 0.3 is 0 Å². The molecule has 0 N–H and O–H groups in total. The lowest BCUT2D eigenvalue weighted by atomic mass is 10.3. The maximum atomic E-state index is 11.1. The topological polar surface area (TPSA) is 67.8 Å². The molecule has 2 fully saturated rings. The van der Waals surface area contributed by atoms with Gasteiger partial charge in [0.05, 0.1) is 26.4 Å². The summed E-state index contributed by atoms with van der Waals surface area (Å²) in [5, 5.41) is 0. The molecular weight excluding hydrogens is 260 g/mol. The van der Waals surface area contributed by atoms with E-state index in [1.165, 1.54) is 0 Å². The number of morpholine rings is 2. The van der Waals surface area contributed by atoms with Crippen LogP contribution < -0.4 is 9.80 Å². The van der Waals surface area contributed by atoms with Crippen molar-refractivity contribution in [3.8, 4) is 0 Å². The Balaban J connectivity index is 1.87. The van der Waals surface area contributed by atoms with Gasteiger partial charge in [-0.3, -0.25) is 4.79 Å². The highest BCUT2D eigenvalue weighted by atomic mass is 16.5. The fourth-order valence-corrected chi connectivity index (χ4v) is 2.36. The van der Waals surface area contributed by atoms with Gasteiger partial charge in [-0.05, 0) is 0 Å². The molecule has 108 valence electrons. The zero-order valence-corrected chi connectivity index (χ0v) is 11.3. The molecule has 2 aliphatic rings. The molecule has 0 spiro atoms. The van der Waals surface area contributed by atoms with Crippen LogP contribution in [0.4, 0.5) is 11.8 Å². The van der Waals surface area contributed by atoms with E-state index in [0.29, 0.717) is 38.1 Å². The van der Waals surface area contributed by atoms with Crippen molar-refractivity contribution < 1.29 is 14.3 Å². The molecule has 3 heterocycles. The van der Waals surface area contributed by atoms with Crippen LogP contribution in [0, 0.1) is 0 Å². The first-order chi connectivity index (χ1) is 9.86. The van der Waals surface area contributed by atoms with Gasteiger partial charge in [-0.1, -0.05) is 0 Å². The van der Waals surface area contributed by atoms with E-state index >= 15 is 0 Å². The molecule has 7 heteroatoms. The minimum Gasteiger partial charge on any atom is -0.378 e. The third-order valence-corrected chi connectivity index (χ3v) is 3.47. The fraction of sp³-hybridized carbons (Fsp3) is 0.615. The maximum Gasteiger partial charge on any atom is 0.228 e. The van der Waals surface area contributed by atoms with Gasteiger partial charge in [0.2, 0.25) is 5.95 Å². The number of anilines is 2. The molecule has 0 atom stereocenters. The Labute approximate surface area is 117 Å². The van der Waals surface area contributed by atoms with E-state index < -0.39 is 0 Å². The highest BCUT2D eigenvalue weighted by Gasteiger charge is 2.19. The number of carbonyl (C=O) groups is 1. The van der Waals surface area contributed by atoms with Crippen LogP contribution in [0.25, 0.3) is 0 Å². The van der Waals surface area contributed by atoms with Crippen LogP contribution in [-0.4, -0.2) is 68.9 Å². The Morgan fingerprint density at radius 3 is 2.15 bits per heavy atom. The highest BCUT2D eigenvalue weighted by molar-refractivity contribution is 5.74. The van der Waals surface area contributed by atoms with Gasteiger partial charge in [-0.25, -0.2) is 4.98 Å². The molecular formula is C13H18N4O3. The molecule has 2 saturated heterocycles. The van der Waals surface area contributed by atoms with Crippen LogP contribution in [0.1, 0.15) is 10.5 Å². The summed E-state index contributed by atoms with van der Waals surface area (Å²) in [7, 11) is 0. The van der Waals surface area contributed by atoms with Gasteiger partial charge in [0.1, 0.15) is 11.5 Å². The largest absolute Gasteiger partial charge is 0.378 e. The molecule has 0 bridgehead atoms. The molecule has 0 saturated carbocycles. The Bertz CT molecular complexity index is 434. The standard InChI is InChI=1S/C13H18N4O3/c18-10-11-9-12(16-1-5-19-6-2-16)15-13(14-11)17-3-7-20-8-4-17/h9-10H,1-8H2. The molecule has 2 aliphatic heterocycles. The first-order valence-corrected chi connectivity index (χ1v) is 6.86. The van der Waals surface area contributed by atoms with Gasteiger partial charge in [0.25, 0.3) is 0 Å². The van der Waals surface area contributed by atoms with Crippen molar-refractivity contribution >= 4 is 18.1 Å². The van der Waals surface area contributed by atoms with Gasteiger partial charge in [-0.2, -0.15) is 4.98 Å². The molecule has 0 aliphatic carbocycles. The highest BCUT2D eigenvalue weighted by Crippen LogP contribution is 2.19. The first kappa shape index (κ1) is 13.3. The lowest BCUT2D eigenvalue weighted by molar-refractivity contribution is 0.111. The first-order valence-electron chi connectivity index (χ1n) is 6.86. The smallest absolute Gasteiger partial charge is 0.228 e. The summed E-state index contributed by atoms with van der Waals surface area (Å²) in [6.07, 6.45) is 0.773. The molecule has 1 aromatic heterocycles. The van der Waals surface area contributed by atoms with Crippen LogP contribution in [0.2, 0.25) is 0 Å². The predicted octanol–water partition coefficient (Wildman–Crippen LogP) is -0.0377. The molecule has 1 aromatic rings. The lowest BCUT2D eigenvalue weighted by Gasteiger charge is -2.30. The number of carbonyl (C=O) groups excluding carboxylic acids is 1. The second-order valence-corrected chi connectivity index (χ2v) is 4.77. The monoisotopic (exact) mass is 278 g/mol. The SMILES string of the molecule is O=Cc1cc(N2CCOCC2)nc(N2CCOCC2)n1. The summed E-state index contributed by atoms with van der Waals surface area (Å²) in [5.41, 5.74) is 0.419. The fourth-order valence-electron chi connectivity index (χ4n) is 2.36. The van der Waals surface area contributed by atoms with Crippen molar-refractivity contribution in [3.05, 3.63) is 11.8 Å². The summed E-state index contributed by atoms with van der Waals surface area (Å²) >= 11 is 0. The van der Waals surface area contributed by atoms with Crippen molar-refractivity contribution in [1.29, 1.82) is 0 Å². The van der Waals surface area contributed by atoms with Crippen molar-refractivity contribution in [3.63, 3.8) is 0 Å². The quantitative estimate of drug-likeness (QED) is 0.719. The Morgan fingerprint density at radius 1 is 0.950 bits per heavy atom. The summed E-state index contributed by atoms with van der Waals surface area (Å²) in [5.74, 6) is 1.41. The minimum absolute atomic E-state index is 0.419. The number of aromatic nitrogens is 2. The molecule has 0 amide bonds. The predicted molar refractivity (Wildman–Crippen MR) is 73.5 cm³/mol. The lowest BCUT2D eigenvalue weighted by Crippen LogP contribution is -2.39. The zero-order valence-electron chi connectivity index (χ0n) is 11.3. The van der Waals surface area contributed by atoms with Crippen LogP contribution in [0.15, 0.2) is 6.07 Å². The van der Waals surface area contributed by atoms with Gasteiger partial charge in [0, 0.05) is 32.2 Å². The van der Waals surface area contributed by atoms with Gasteiger partial charge in [-0.15, -0.1) is 0 Å². The van der Waals surface area contributed by atoms with E-state index in [0.717, 1.165) is 38.3 Å². The zero-order chi connectivity index (χ0) is 13.8. The van der Waals surface area contributed by atoms with Crippen molar-refractivity contribution in [2.24, 2.45) is 0 Å². The molecule has 7 nitrogen and oxygen atoms in total. The third kappa shape index (κ3) is 2.88. The minimum atomic E-state index is 0.419. The number of nitrogens with zero attached hydrogens (tertiary/aromatic N) is 4. The molecule has 20 heavy (non-hydrogen) atoms.